The number of hydrogen-bond donors (Lipinski definition) is 0. The van der Waals surface area contributed by atoms with E-state index >= 15 is 0 Å². The predicted octanol–water partition coefficient (Wildman–Crippen LogP) is 1.68. The molecular weight excluding hydrogens is 221 g/mol. The summed E-state index contributed by atoms with van der Waals surface area (Å²) < 4.78 is 18.8. The van der Waals surface area contributed by atoms with Crippen molar-refractivity contribution in [3.8, 4) is 0 Å². The van der Waals surface area contributed by atoms with E-state index in [0.717, 1.165) is 24.2 Å². The standard InChI is InChI=1S/C13H14FNO2/c1-2-17-13(16)11-7-9-10(14)4-3-8-5-6-15(11)12(8)9/h3-4,11H,2,5-7H2,1H3. The molecule has 1 atom stereocenters. The fourth-order valence-corrected chi connectivity index (χ4v) is 2.83. The summed E-state index contributed by atoms with van der Waals surface area (Å²) in [7, 11) is 0. The van der Waals surface area contributed by atoms with Crippen LogP contribution in [0.15, 0.2) is 12.1 Å². The average molecular weight is 235 g/mol. The van der Waals surface area contributed by atoms with Gasteiger partial charge in [-0.05, 0) is 25.0 Å². The number of ether oxygens (including phenoxy) is 1. The van der Waals surface area contributed by atoms with Crippen LogP contribution in [0, 0.1) is 5.82 Å². The van der Waals surface area contributed by atoms with Crippen LogP contribution in [0.3, 0.4) is 0 Å². The molecule has 2 heterocycles. The van der Waals surface area contributed by atoms with E-state index in [1.54, 1.807) is 6.92 Å². The highest BCUT2D eigenvalue weighted by atomic mass is 19.1. The lowest BCUT2D eigenvalue weighted by Gasteiger charge is -2.21. The van der Waals surface area contributed by atoms with Gasteiger partial charge in [-0.15, -0.1) is 0 Å². The van der Waals surface area contributed by atoms with E-state index in [2.05, 4.69) is 0 Å². The third kappa shape index (κ3) is 1.43. The molecule has 0 bridgehead atoms. The van der Waals surface area contributed by atoms with Crippen molar-refractivity contribution in [3.05, 3.63) is 29.1 Å². The first kappa shape index (κ1) is 10.6. The number of nitrogens with zero attached hydrogens (tertiary/aromatic N) is 1. The number of halogens is 1. The van der Waals surface area contributed by atoms with Crippen molar-refractivity contribution in [3.63, 3.8) is 0 Å². The summed E-state index contributed by atoms with van der Waals surface area (Å²) in [5.74, 6) is -0.446. The maximum atomic E-state index is 13.7. The van der Waals surface area contributed by atoms with Gasteiger partial charge in [0.1, 0.15) is 11.9 Å². The van der Waals surface area contributed by atoms with Crippen LogP contribution >= 0.6 is 0 Å². The summed E-state index contributed by atoms with van der Waals surface area (Å²) in [6.07, 6.45) is 1.33. The van der Waals surface area contributed by atoms with Gasteiger partial charge < -0.3 is 9.64 Å². The molecule has 90 valence electrons. The van der Waals surface area contributed by atoms with Crippen LogP contribution in [-0.2, 0) is 22.4 Å². The van der Waals surface area contributed by atoms with Crippen molar-refractivity contribution in [1.82, 2.24) is 0 Å². The minimum atomic E-state index is -0.330. The first-order valence-corrected chi connectivity index (χ1v) is 5.96. The van der Waals surface area contributed by atoms with Crippen molar-refractivity contribution in [2.45, 2.75) is 25.8 Å². The normalized spacial score (nSPS) is 20.6. The summed E-state index contributed by atoms with van der Waals surface area (Å²) >= 11 is 0. The molecule has 1 aromatic carbocycles. The molecule has 1 unspecified atom stereocenters. The molecule has 0 fully saturated rings. The molecule has 0 saturated carbocycles. The van der Waals surface area contributed by atoms with Gasteiger partial charge in [0.05, 0.1) is 6.61 Å². The van der Waals surface area contributed by atoms with E-state index in [4.69, 9.17) is 4.74 Å². The Balaban J connectivity index is 1.98. The van der Waals surface area contributed by atoms with Crippen molar-refractivity contribution in [2.75, 3.05) is 18.1 Å². The molecule has 0 spiro atoms. The van der Waals surface area contributed by atoms with Crippen molar-refractivity contribution in [1.29, 1.82) is 0 Å². The smallest absolute Gasteiger partial charge is 0.329 e. The van der Waals surface area contributed by atoms with E-state index in [9.17, 15) is 9.18 Å². The van der Waals surface area contributed by atoms with Crippen LogP contribution in [0.5, 0.6) is 0 Å². The minimum absolute atomic E-state index is 0.206. The number of carbonyl (C=O) groups excluding carboxylic acids is 1. The van der Waals surface area contributed by atoms with Gasteiger partial charge in [-0.2, -0.15) is 0 Å². The fourth-order valence-electron chi connectivity index (χ4n) is 2.83. The number of hydrogen-bond acceptors (Lipinski definition) is 3. The van der Waals surface area contributed by atoms with Gasteiger partial charge in [0.25, 0.3) is 0 Å². The van der Waals surface area contributed by atoms with Crippen LogP contribution in [-0.4, -0.2) is 25.2 Å². The molecule has 0 saturated heterocycles. The van der Waals surface area contributed by atoms with Gasteiger partial charge in [-0.25, -0.2) is 9.18 Å². The molecule has 0 radical (unpaired) electrons. The van der Waals surface area contributed by atoms with E-state index in [1.165, 1.54) is 6.07 Å². The maximum absolute atomic E-state index is 13.7. The largest absolute Gasteiger partial charge is 0.464 e. The van der Waals surface area contributed by atoms with E-state index < -0.39 is 0 Å². The molecule has 1 aromatic rings. The highest BCUT2D eigenvalue weighted by Crippen LogP contribution is 2.41. The van der Waals surface area contributed by atoms with Gasteiger partial charge >= 0.3 is 5.97 Å². The summed E-state index contributed by atoms with van der Waals surface area (Å²) in [4.78, 5) is 13.8. The second-order valence-electron chi connectivity index (χ2n) is 4.45. The zero-order valence-electron chi connectivity index (χ0n) is 9.70. The average Bonchev–Trinajstić information content (AvgIpc) is 2.87. The second kappa shape index (κ2) is 3.72. The van der Waals surface area contributed by atoms with Crippen molar-refractivity contribution in [2.24, 2.45) is 0 Å². The van der Waals surface area contributed by atoms with Crippen LogP contribution < -0.4 is 4.90 Å². The molecule has 3 nitrogen and oxygen atoms in total. The van der Waals surface area contributed by atoms with Gasteiger partial charge in [-0.1, -0.05) is 6.07 Å². The second-order valence-corrected chi connectivity index (χ2v) is 4.45. The Morgan fingerprint density at radius 1 is 1.59 bits per heavy atom. The number of esters is 1. The van der Waals surface area contributed by atoms with Crippen molar-refractivity contribution >= 4 is 11.7 Å². The first-order valence-electron chi connectivity index (χ1n) is 5.96. The summed E-state index contributed by atoms with van der Waals surface area (Å²) in [5, 5.41) is 0. The maximum Gasteiger partial charge on any atom is 0.329 e. The van der Waals surface area contributed by atoms with Crippen LogP contribution in [0.1, 0.15) is 18.1 Å². The molecular formula is C13H14FNO2. The molecule has 0 aliphatic carbocycles. The summed E-state index contributed by atoms with van der Waals surface area (Å²) in [5.41, 5.74) is 2.76. The van der Waals surface area contributed by atoms with Gasteiger partial charge in [-0.3, -0.25) is 0 Å². The van der Waals surface area contributed by atoms with E-state index in [1.807, 2.05) is 11.0 Å². The number of benzene rings is 1. The predicted molar refractivity (Wildman–Crippen MR) is 61.6 cm³/mol. The molecule has 0 N–H and O–H groups in total. The first-order chi connectivity index (χ1) is 8.22. The van der Waals surface area contributed by atoms with E-state index in [0.29, 0.717) is 18.6 Å². The highest BCUT2D eigenvalue weighted by Gasteiger charge is 2.41. The molecule has 17 heavy (non-hydrogen) atoms. The topological polar surface area (TPSA) is 29.5 Å². The summed E-state index contributed by atoms with van der Waals surface area (Å²) in [6.45, 7) is 2.94. The Kier molecular flexibility index (Phi) is 2.31. The number of carbonyl (C=O) groups is 1. The van der Waals surface area contributed by atoms with Crippen LogP contribution in [0.25, 0.3) is 0 Å². The summed E-state index contributed by atoms with van der Waals surface area (Å²) in [6, 6.07) is 3.00. The molecule has 2 aliphatic heterocycles. The Morgan fingerprint density at radius 2 is 2.41 bits per heavy atom. The zero-order chi connectivity index (χ0) is 12.0. The lowest BCUT2D eigenvalue weighted by molar-refractivity contribution is -0.144. The molecule has 0 amide bonds. The SMILES string of the molecule is CCOC(=O)C1Cc2c(F)ccc3c2N1CC3. The Labute approximate surface area is 99.2 Å². The number of rotatable bonds is 2. The quantitative estimate of drug-likeness (QED) is 0.730. The minimum Gasteiger partial charge on any atom is -0.464 e. The molecule has 2 aliphatic rings. The third-order valence-electron chi connectivity index (χ3n) is 3.55. The fraction of sp³-hybridized carbons (Fsp3) is 0.462. The Bertz CT molecular complexity index is 487. The van der Waals surface area contributed by atoms with Crippen LogP contribution in [0.4, 0.5) is 10.1 Å². The van der Waals surface area contributed by atoms with Gasteiger partial charge in [0, 0.05) is 24.2 Å². The lowest BCUT2D eigenvalue weighted by atomic mass is 10.0. The number of anilines is 1. The van der Waals surface area contributed by atoms with Crippen LogP contribution in [0.2, 0.25) is 0 Å². The van der Waals surface area contributed by atoms with Crippen molar-refractivity contribution < 1.29 is 13.9 Å². The zero-order valence-corrected chi connectivity index (χ0v) is 9.70. The van der Waals surface area contributed by atoms with Gasteiger partial charge in [0.15, 0.2) is 0 Å². The monoisotopic (exact) mass is 235 g/mol. The molecule has 3 rings (SSSR count). The molecule has 4 heteroatoms. The Morgan fingerprint density at radius 3 is 3.18 bits per heavy atom. The highest BCUT2D eigenvalue weighted by molar-refractivity contribution is 5.86. The van der Waals surface area contributed by atoms with Gasteiger partial charge in [0.2, 0.25) is 0 Å². The molecule has 0 aromatic heterocycles. The Hall–Kier alpha value is -1.58. The van der Waals surface area contributed by atoms with E-state index in [-0.39, 0.29) is 17.8 Å². The lowest BCUT2D eigenvalue weighted by Crippen LogP contribution is -2.39. The third-order valence-corrected chi connectivity index (χ3v) is 3.55.